The van der Waals surface area contributed by atoms with Gasteiger partial charge in [-0.25, -0.2) is 8.42 Å². The van der Waals surface area contributed by atoms with E-state index in [-0.39, 0.29) is 27.5 Å². The van der Waals surface area contributed by atoms with Gasteiger partial charge in [0.15, 0.2) is 0 Å². The number of nitro benzene ring substituents is 1. The second-order valence-electron chi connectivity index (χ2n) is 6.34. The van der Waals surface area contributed by atoms with Crippen LogP contribution in [0.5, 0.6) is 0 Å². The minimum absolute atomic E-state index is 0.0330. The molecule has 0 bridgehead atoms. The second-order valence-corrected chi connectivity index (χ2v) is 8.20. The molecule has 1 aliphatic rings. The number of fused-ring (bicyclic) bond motifs is 1. The number of hydrogen-bond acceptors (Lipinski definition) is 6. The zero-order valence-corrected chi connectivity index (χ0v) is 15.4. The summed E-state index contributed by atoms with van der Waals surface area (Å²) in [5.74, 6) is 0. The van der Waals surface area contributed by atoms with Crippen LogP contribution < -0.4 is 5.32 Å². The summed E-state index contributed by atoms with van der Waals surface area (Å²) in [5, 5.41) is 14.8. The van der Waals surface area contributed by atoms with E-state index in [0.29, 0.717) is 13.0 Å². The number of nitro groups is 1. The molecule has 140 valence electrons. The van der Waals surface area contributed by atoms with Crippen LogP contribution in [0.2, 0.25) is 0 Å². The summed E-state index contributed by atoms with van der Waals surface area (Å²) in [7, 11) is -3.81. The lowest BCUT2D eigenvalue weighted by atomic mass is 10.1. The molecule has 2 aromatic rings. The maximum Gasteiger partial charge on any atom is 0.278 e. The fourth-order valence-electron chi connectivity index (χ4n) is 3.44. The highest BCUT2D eigenvalue weighted by Crippen LogP contribution is 2.32. The summed E-state index contributed by atoms with van der Waals surface area (Å²) in [6, 6.07) is 5.60. The molecule has 0 atom stereocenters. The predicted octanol–water partition coefficient (Wildman–Crippen LogP) is 2.30. The maximum atomic E-state index is 13.4. The number of aromatic nitrogens is 1. The van der Waals surface area contributed by atoms with Crippen molar-refractivity contribution in [2.45, 2.75) is 37.1 Å². The number of pyridine rings is 1. The minimum atomic E-state index is -3.81. The molecule has 0 aliphatic carbocycles. The Morgan fingerprint density at radius 1 is 1.31 bits per heavy atom. The number of hydrogen-bond donors (Lipinski definition) is 1. The number of piperidine rings is 1. The molecule has 0 amide bonds. The van der Waals surface area contributed by atoms with E-state index in [2.05, 4.69) is 10.3 Å². The number of non-ortho nitro benzene ring substituents is 1. The van der Waals surface area contributed by atoms with Gasteiger partial charge < -0.3 is 5.32 Å². The lowest BCUT2D eigenvalue weighted by Gasteiger charge is -2.33. The zero-order chi connectivity index (χ0) is 18.7. The van der Waals surface area contributed by atoms with Gasteiger partial charge in [0.05, 0.1) is 15.8 Å². The smallest absolute Gasteiger partial charge is 0.278 e. The van der Waals surface area contributed by atoms with Crippen molar-refractivity contribution in [1.29, 1.82) is 0 Å². The molecule has 0 spiro atoms. The predicted molar refractivity (Wildman–Crippen MR) is 98.5 cm³/mol. The van der Waals surface area contributed by atoms with Gasteiger partial charge in [0.1, 0.15) is 4.90 Å². The van der Waals surface area contributed by atoms with Crippen molar-refractivity contribution >= 4 is 26.6 Å². The van der Waals surface area contributed by atoms with Crippen molar-refractivity contribution in [2.24, 2.45) is 0 Å². The molecule has 1 aromatic heterocycles. The van der Waals surface area contributed by atoms with Gasteiger partial charge in [0, 0.05) is 24.8 Å². The lowest BCUT2D eigenvalue weighted by molar-refractivity contribution is -0.383. The Morgan fingerprint density at radius 3 is 2.69 bits per heavy atom. The SMILES string of the molecule is CCCN(C1CCNCC1)S(=O)(=O)c1ccc([N+](=O)[O-])c2cccnc12. The summed E-state index contributed by atoms with van der Waals surface area (Å²) >= 11 is 0. The molecule has 0 radical (unpaired) electrons. The van der Waals surface area contributed by atoms with Crippen LogP contribution in [-0.2, 0) is 10.0 Å². The third-order valence-corrected chi connectivity index (χ3v) is 6.64. The summed E-state index contributed by atoms with van der Waals surface area (Å²) in [6.07, 6.45) is 3.65. The molecule has 0 saturated carbocycles. The van der Waals surface area contributed by atoms with Gasteiger partial charge in [-0.15, -0.1) is 0 Å². The quantitative estimate of drug-likeness (QED) is 0.611. The van der Waals surface area contributed by atoms with E-state index in [4.69, 9.17) is 0 Å². The van der Waals surface area contributed by atoms with Crippen LogP contribution >= 0.6 is 0 Å². The first-order valence-corrected chi connectivity index (χ1v) is 10.2. The molecule has 1 aromatic carbocycles. The lowest BCUT2D eigenvalue weighted by Crippen LogP contribution is -2.46. The number of sulfonamides is 1. The standard InChI is InChI=1S/C17H22N4O4S/c1-2-12-20(13-7-10-18-11-8-13)26(24,25)16-6-5-15(21(22)23)14-4-3-9-19-17(14)16/h3-6,9,13,18H,2,7-8,10-12H2,1H3. The van der Waals surface area contributed by atoms with E-state index in [1.807, 2.05) is 6.92 Å². The second kappa shape index (κ2) is 7.65. The first-order chi connectivity index (χ1) is 12.5. The molecule has 26 heavy (non-hydrogen) atoms. The molecule has 9 heteroatoms. The topological polar surface area (TPSA) is 105 Å². The van der Waals surface area contributed by atoms with Gasteiger partial charge in [-0.1, -0.05) is 6.92 Å². The largest absolute Gasteiger partial charge is 0.317 e. The molecule has 0 unspecified atom stereocenters. The molecule has 1 aliphatic heterocycles. The third kappa shape index (κ3) is 3.42. The summed E-state index contributed by atoms with van der Waals surface area (Å²) < 4.78 is 28.4. The Bertz CT molecular complexity index is 910. The number of nitrogens with zero attached hydrogens (tertiary/aromatic N) is 3. The van der Waals surface area contributed by atoms with E-state index in [0.717, 1.165) is 25.9 Å². The Kier molecular flexibility index (Phi) is 5.49. The Morgan fingerprint density at radius 2 is 2.04 bits per heavy atom. The zero-order valence-electron chi connectivity index (χ0n) is 14.6. The molecular formula is C17H22N4O4S. The van der Waals surface area contributed by atoms with Crippen LogP contribution in [0, 0.1) is 10.1 Å². The fourth-order valence-corrected chi connectivity index (χ4v) is 5.37. The maximum absolute atomic E-state index is 13.4. The molecule has 2 heterocycles. The van der Waals surface area contributed by atoms with Crippen molar-refractivity contribution in [2.75, 3.05) is 19.6 Å². The Balaban J connectivity index is 2.13. The highest BCUT2D eigenvalue weighted by molar-refractivity contribution is 7.89. The first-order valence-electron chi connectivity index (χ1n) is 8.71. The van der Waals surface area contributed by atoms with E-state index < -0.39 is 14.9 Å². The van der Waals surface area contributed by atoms with Crippen LogP contribution in [0.25, 0.3) is 10.9 Å². The van der Waals surface area contributed by atoms with Gasteiger partial charge in [0.25, 0.3) is 5.69 Å². The van der Waals surface area contributed by atoms with Crippen molar-refractivity contribution < 1.29 is 13.3 Å². The normalized spacial score (nSPS) is 16.2. The van der Waals surface area contributed by atoms with E-state index in [9.17, 15) is 18.5 Å². The van der Waals surface area contributed by atoms with Crippen molar-refractivity contribution in [3.63, 3.8) is 0 Å². The van der Waals surface area contributed by atoms with Crippen LogP contribution in [0.15, 0.2) is 35.4 Å². The van der Waals surface area contributed by atoms with E-state index in [1.54, 1.807) is 10.4 Å². The number of benzene rings is 1. The highest BCUT2D eigenvalue weighted by Gasteiger charge is 2.34. The van der Waals surface area contributed by atoms with Crippen LogP contribution in [-0.4, -0.2) is 48.3 Å². The molecule has 1 fully saturated rings. The summed E-state index contributed by atoms with van der Waals surface area (Å²) in [5.41, 5.74) is 0.00713. The molecule has 3 rings (SSSR count). The molecule has 1 N–H and O–H groups in total. The Labute approximate surface area is 152 Å². The number of nitrogens with one attached hydrogen (secondary N) is 1. The van der Waals surface area contributed by atoms with Crippen molar-refractivity contribution in [1.82, 2.24) is 14.6 Å². The fraction of sp³-hybridized carbons (Fsp3) is 0.471. The van der Waals surface area contributed by atoms with Crippen molar-refractivity contribution in [3.8, 4) is 0 Å². The van der Waals surface area contributed by atoms with Crippen LogP contribution in [0.1, 0.15) is 26.2 Å². The van der Waals surface area contributed by atoms with Gasteiger partial charge >= 0.3 is 0 Å². The molecule has 1 saturated heterocycles. The third-order valence-electron chi connectivity index (χ3n) is 4.65. The van der Waals surface area contributed by atoms with Gasteiger partial charge in [-0.3, -0.25) is 15.1 Å². The van der Waals surface area contributed by atoms with E-state index in [1.165, 1.54) is 24.4 Å². The summed E-state index contributed by atoms with van der Waals surface area (Å²) in [6.45, 7) is 3.91. The first kappa shape index (κ1) is 18.7. The monoisotopic (exact) mass is 378 g/mol. The van der Waals surface area contributed by atoms with Gasteiger partial charge in [-0.2, -0.15) is 4.31 Å². The molecular weight excluding hydrogens is 356 g/mol. The minimum Gasteiger partial charge on any atom is -0.317 e. The highest BCUT2D eigenvalue weighted by atomic mass is 32.2. The Hall–Kier alpha value is -2.10. The van der Waals surface area contributed by atoms with Crippen molar-refractivity contribution in [3.05, 3.63) is 40.6 Å². The average Bonchev–Trinajstić information content (AvgIpc) is 2.65. The molecule has 8 nitrogen and oxygen atoms in total. The average molecular weight is 378 g/mol. The van der Waals surface area contributed by atoms with E-state index >= 15 is 0 Å². The van der Waals surface area contributed by atoms with Gasteiger partial charge in [0.2, 0.25) is 10.0 Å². The van der Waals surface area contributed by atoms with Crippen LogP contribution in [0.4, 0.5) is 5.69 Å². The van der Waals surface area contributed by atoms with Crippen LogP contribution in [0.3, 0.4) is 0 Å². The summed E-state index contributed by atoms with van der Waals surface area (Å²) in [4.78, 5) is 14.9. The number of rotatable bonds is 6. The van der Waals surface area contributed by atoms with Gasteiger partial charge in [-0.05, 0) is 50.6 Å².